The van der Waals surface area contributed by atoms with E-state index in [0.717, 1.165) is 0 Å². The van der Waals surface area contributed by atoms with Gasteiger partial charge in [0.1, 0.15) is 78.5 Å². The van der Waals surface area contributed by atoms with E-state index in [1.165, 1.54) is 20.8 Å². The largest absolute Gasteiger partial charge is 0.370 e. The van der Waals surface area contributed by atoms with Crippen LogP contribution in [0.2, 0.25) is 0 Å². The molecule has 105 heavy (non-hydrogen) atoms. The highest BCUT2D eigenvalue weighted by molar-refractivity contribution is 6.00. The number of rotatable bonds is 53. The van der Waals surface area contributed by atoms with Crippen LogP contribution in [0.15, 0.2) is 0 Å². The Morgan fingerprint density at radius 3 is 0.924 bits per heavy atom. The van der Waals surface area contributed by atoms with Crippen molar-refractivity contribution in [2.45, 2.75) is 299 Å². The summed E-state index contributed by atoms with van der Waals surface area (Å²) >= 11 is 0. The Morgan fingerprint density at radius 2 is 0.552 bits per heavy atom. The first-order valence-electron chi connectivity index (χ1n) is 37.4. The second kappa shape index (κ2) is 50.4. The summed E-state index contributed by atoms with van der Waals surface area (Å²) < 4.78 is 0. The van der Waals surface area contributed by atoms with Crippen molar-refractivity contribution in [3.05, 3.63) is 0 Å². The Balaban J connectivity index is 6.50. The standard InChI is InChI=1S/C71H133N19O15/c1-18-41(13)54(76)68(102)87-52(35-53(75)91)66(100)86-50(33-37(5)6)65(99)82-46(26-20-23-29-72)62(96)79-45(17)61(95)90-57(42(14)19-2)71(105)80-43(15)59(93)78-44(16)60(94)85-51(34-38(7)8)67(101)89-55(39(9)10)69(103)83-47(27-21-24-30-73)63(97)81-48(28-22-25-31-74)64(98)88-56(40(11)12)70(104)84-49(58(77)92)32-36(3)4/h36-52,54-57H,18-35,72-74,76H2,1-17H3,(H2,75,91)(H2,77,92)(H,78,93)(H,79,96)(H,80,105)(H,81,97)(H,82,99)(H,83,103)(H,84,104)(H,85,94)(H,86,100)(H,87,102)(H,88,98)(H,89,101)(H,90,95)/t41-,42-,43-,44-,45-,46-,47-,48-,49-,50-,51-,52-,54-,55-,56-,57-/m0/s1. The lowest BCUT2D eigenvalue weighted by molar-refractivity contribution is -0.137. The first-order chi connectivity index (χ1) is 49.0. The van der Waals surface area contributed by atoms with Gasteiger partial charge in [-0.2, -0.15) is 0 Å². The molecular formula is C71H133N19O15. The molecule has 0 aromatic carbocycles. The van der Waals surface area contributed by atoms with Gasteiger partial charge in [0, 0.05) is 0 Å². The minimum atomic E-state index is -1.48. The van der Waals surface area contributed by atoms with E-state index >= 15 is 0 Å². The van der Waals surface area contributed by atoms with Gasteiger partial charge in [-0.05, 0) is 159 Å². The zero-order valence-corrected chi connectivity index (χ0v) is 65.4. The first-order valence-corrected chi connectivity index (χ1v) is 37.4. The van der Waals surface area contributed by atoms with E-state index in [-0.39, 0.29) is 81.8 Å². The molecule has 15 amide bonds. The van der Waals surface area contributed by atoms with E-state index in [1.807, 2.05) is 20.8 Å². The van der Waals surface area contributed by atoms with Crippen molar-refractivity contribution < 1.29 is 71.9 Å². The van der Waals surface area contributed by atoms with Crippen LogP contribution in [0.25, 0.3) is 0 Å². The van der Waals surface area contributed by atoms with Gasteiger partial charge in [-0.15, -0.1) is 0 Å². The SMILES string of the molecule is CC[C@H](C)[C@H](N)C(=O)N[C@@H](CC(N)=O)C(=O)N[C@@H](CC(C)C)C(=O)N[C@@H](CCCCN)C(=O)N[C@@H](C)C(=O)N[C@H](C(=O)N[C@@H](C)C(=O)N[C@@H](C)C(=O)N[C@@H](CC(C)C)C(=O)N[C@H](C(=O)N[C@@H](CCCCN)C(=O)N[C@@H](CCCCN)C(=O)N[C@H](C(=O)N[C@@H](CC(C)C)C(N)=O)C(C)C)C(C)C)[C@@H](C)CC. The van der Waals surface area contributed by atoms with Crippen LogP contribution in [0, 0.1) is 41.4 Å². The zero-order chi connectivity index (χ0) is 80.7. The molecule has 0 aliphatic carbocycles. The summed E-state index contributed by atoms with van der Waals surface area (Å²) in [6.07, 6.45) is 3.44. The van der Waals surface area contributed by atoms with Crippen molar-refractivity contribution in [3.63, 3.8) is 0 Å². The number of carbonyl (C=O) groups is 15. The highest BCUT2D eigenvalue weighted by Crippen LogP contribution is 2.16. The minimum absolute atomic E-state index is 0.00566. The molecule has 0 fully saturated rings. The van der Waals surface area contributed by atoms with Crippen molar-refractivity contribution in [3.8, 4) is 0 Å². The molecule has 0 bridgehead atoms. The van der Waals surface area contributed by atoms with Crippen LogP contribution in [0.3, 0.4) is 0 Å². The predicted octanol–water partition coefficient (Wildman–Crippen LogP) is -2.03. The monoisotopic (exact) mass is 1490 g/mol. The molecule has 0 heterocycles. The second-order valence-electron chi connectivity index (χ2n) is 29.7. The third kappa shape index (κ3) is 37.1. The maximum absolute atomic E-state index is 14.3. The fourth-order valence-electron chi connectivity index (χ4n) is 10.9. The molecule has 25 N–H and O–H groups in total. The molecule has 0 aliphatic heterocycles. The third-order valence-corrected chi connectivity index (χ3v) is 17.9. The van der Waals surface area contributed by atoms with Crippen LogP contribution < -0.4 is 104 Å². The Kier molecular flexibility index (Phi) is 46.5. The van der Waals surface area contributed by atoms with Crippen LogP contribution in [0.1, 0.15) is 214 Å². The van der Waals surface area contributed by atoms with E-state index in [0.29, 0.717) is 51.4 Å². The number of carbonyl (C=O) groups excluding carboxylic acids is 15. The smallest absolute Gasteiger partial charge is 0.243 e. The average Bonchev–Trinajstić information content (AvgIpc) is 0.864. The molecule has 0 saturated carbocycles. The van der Waals surface area contributed by atoms with Crippen LogP contribution in [-0.4, -0.2) is 193 Å². The van der Waals surface area contributed by atoms with E-state index < -0.39 is 197 Å². The summed E-state index contributed by atoms with van der Waals surface area (Å²) in [5.74, 6) is -14.0. The lowest BCUT2D eigenvalue weighted by Crippen LogP contribution is -2.61. The van der Waals surface area contributed by atoms with Gasteiger partial charge >= 0.3 is 0 Å². The highest BCUT2D eigenvalue weighted by atomic mass is 16.2. The van der Waals surface area contributed by atoms with Gasteiger partial charge < -0.3 is 104 Å². The number of hydrogen-bond donors (Lipinski definition) is 19. The summed E-state index contributed by atoms with van der Waals surface area (Å²) in [6.45, 7) is 29.4. The van der Waals surface area contributed by atoms with Gasteiger partial charge in [-0.3, -0.25) is 71.9 Å². The van der Waals surface area contributed by atoms with Gasteiger partial charge in [0.25, 0.3) is 0 Å². The lowest BCUT2D eigenvalue weighted by atomic mass is 9.97. The number of nitrogens with two attached hydrogens (primary N) is 6. The molecule has 34 nitrogen and oxygen atoms in total. The Morgan fingerprint density at radius 1 is 0.286 bits per heavy atom. The minimum Gasteiger partial charge on any atom is -0.370 e. The van der Waals surface area contributed by atoms with Crippen molar-refractivity contribution >= 4 is 88.6 Å². The Labute approximate surface area is 621 Å². The van der Waals surface area contributed by atoms with Gasteiger partial charge in [0.15, 0.2) is 0 Å². The molecule has 602 valence electrons. The molecule has 0 saturated heterocycles. The predicted molar refractivity (Wildman–Crippen MR) is 399 cm³/mol. The maximum Gasteiger partial charge on any atom is 0.243 e. The van der Waals surface area contributed by atoms with Gasteiger partial charge in [-0.1, -0.05) is 110 Å². The van der Waals surface area contributed by atoms with E-state index in [4.69, 9.17) is 34.4 Å². The quantitative estimate of drug-likeness (QED) is 0.0292. The number of hydrogen-bond acceptors (Lipinski definition) is 19. The zero-order valence-electron chi connectivity index (χ0n) is 65.4. The van der Waals surface area contributed by atoms with E-state index in [2.05, 4.69) is 69.1 Å². The third-order valence-electron chi connectivity index (χ3n) is 17.9. The van der Waals surface area contributed by atoms with E-state index in [9.17, 15) is 71.9 Å². The molecule has 0 radical (unpaired) electrons. The Bertz CT molecular complexity index is 2830. The fourth-order valence-corrected chi connectivity index (χ4v) is 10.9. The summed E-state index contributed by atoms with van der Waals surface area (Å²) in [4.78, 5) is 205. The topological polar surface area (TPSA) is 569 Å². The van der Waals surface area contributed by atoms with Gasteiger partial charge in [-0.25, -0.2) is 0 Å². The molecule has 0 aromatic rings. The molecule has 0 unspecified atom stereocenters. The summed E-state index contributed by atoms with van der Waals surface area (Å²) in [5.41, 5.74) is 34.5. The lowest BCUT2D eigenvalue weighted by Gasteiger charge is -2.30. The first kappa shape index (κ1) is 96.9. The number of unbranched alkanes of at least 4 members (excludes halogenated alkanes) is 3. The highest BCUT2D eigenvalue weighted by Gasteiger charge is 2.39. The molecule has 16 atom stereocenters. The van der Waals surface area contributed by atoms with Crippen LogP contribution in [0.4, 0.5) is 0 Å². The number of nitrogens with one attached hydrogen (secondary N) is 13. The van der Waals surface area contributed by atoms with Crippen molar-refractivity contribution in [2.75, 3.05) is 19.6 Å². The summed E-state index contributed by atoms with van der Waals surface area (Å²) in [7, 11) is 0. The van der Waals surface area contributed by atoms with Crippen LogP contribution >= 0.6 is 0 Å². The van der Waals surface area contributed by atoms with E-state index in [1.54, 1.807) is 76.2 Å². The van der Waals surface area contributed by atoms with Crippen LogP contribution in [0.5, 0.6) is 0 Å². The van der Waals surface area contributed by atoms with Crippen LogP contribution in [-0.2, 0) is 71.9 Å². The normalized spacial score (nSPS) is 16.1. The maximum atomic E-state index is 14.3. The average molecular weight is 1490 g/mol. The number of primary amides is 2. The fraction of sp³-hybridized carbons (Fsp3) is 0.789. The summed E-state index contributed by atoms with van der Waals surface area (Å²) in [6, 6.07) is -17.4. The molecule has 0 aromatic heterocycles. The van der Waals surface area contributed by atoms with Crippen molar-refractivity contribution in [1.29, 1.82) is 0 Å². The summed E-state index contributed by atoms with van der Waals surface area (Å²) in [5, 5.41) is 34.4. The second-order valence-corrected chi connectivity index (χ2v) is 29.7. The molecule has 0 rings (SSSR count). The molecule has 0 spiro atoms. The molecule has 34 heteroatoms. The molecule has 0 aliphatic rings. The Hall–Kier alpha value is -8.11. The van der Waals surface area contributed by atoms with Crippen molar-refractivity contribution in [2.24, 2.45) is 75.8 Å². The van der Waals surface area contributed by atoms with Crippen molar-refractivity contribution in [1.82, 2.24) is 69.1 Å². The van der Waals surface area contributed by atoms with Gasteiger partial charge in [0.05, 0.1) is 12.5 Å². The molecular weight excluding hydrogens is 1360 g/mol. The number of amides is 15. The van der Waals surface area contributed by atoms with Gasteiger partial charge in [0.2, 0.25) is 88.6 Å².